The van der Waals surface area contributed by atoms with Gasteiger partial charge in [0, 0.05) is 29.8 Å². The van der Waals surface area contributed by atoms with E-state index in [1.807, 2.05) is 35.2 Å². The molecule has 112 valence electrons. The van der Waals surface area contributed by atoms with Gasteiger partial charge in [-0.2, -0.15) is 0 Å². The van der Waals surface area contributed by atoms with Crippen molar-refractivity contribution in [1.29, 1.82) is 0 Å². The highest BCUT2D eigenvalue weighted by Crippen LogP contribution is 2.56. The Balaban J connectivity index is 1.51. The topological polar surface area (TPSA) is 46.3 Å². The van der Waals surface area contributed by atoms with Gasteiger partial charge < -0.3 is 10.6 Å². The maximum Gasteiger partial charge on any atom is 0.227 e. The van der Waals surface area contributed by atoms with E-state index in [0.717, 1.165) is 23.5 Å². The van der Waals surface area contributed by atoms with Crippen LogP contribution in [0.25, 0.3) is 0 Å². The van der Waals surface area contributed by atoms with Gasteiger partial charge in [0.15, 0.2) is 0 Å². The molecule has 22 heavy (non-hydrogen) atoms. The van der Waals surface area contributed by atoms with Crippen molar-refractivity contribution < 1.29 is 4.79 Å². The van der Waals surface area contributed by atoms with Crippen molar-refractivity contribution in [3.63, 3.8) is 0 Å². The van der Waals surface area contributed by atoms with Crippen LogP contribution in [-0.2, 0) is 16.6 Å². The second kappa shape index (κ2) is 4.87. The zero-order chi connectivity index (χ0) is 15.2. The molecule has 0 atom stereocenters. The molecule has 0 unspecified atom stereocenters. The van der Waals surface area contributed by atoms with Crippen LogP contribution in [0.2, 0.25) is 0 Å². The Hall–Kier alpha value is -2.29. The number of rotatable bonds is 3. The van der Waals surface area contributed by atoms with Crippen LogP contribution in [0.15, 0.2) is 48.5 Å². The monoisotopic (exact) mass is 292 g/mol. The molecule has 1 aliphatic heterocycles. The maximum atomic E-state index is 12.7. The molecule has 2 aromatic rings. The van der Waals surface area contributed by atoms with Gasteiger partial charge in [-0.05, 0) is 42.5 Å². The zero-order valence-electron chi connectivity index (χ0n) is 12.6. The first kappa shape index (κ1) is 13.4. The van der Waals surface area contributed by atoms with Crippen LogP contribution >= 0.6 is 0 Å². The lowest BCUT2D eigenvalue weighted by atomic mass is 9.99. The number of hydrogen-bond acceptors (Lipinski definition) is 2. The molecule has 0 saturated heterocycles. The normalized spacial score (nSPS) is 17.5. The molecule has 1 heterocycles. The molecule has 1 amide bonds. The number of para-hydroxylation sites is 2. The van der Waals surface area contributed by atoms with Gasteiger partial charge in [0.25, 0.3) is 0 Å². The second-order valence-corrected chi connectivity index (χ2v) is 6.48. The van der Waals surface area contributed by atoms with Gasteiger partial charge in [0.2, 0.25) is 5.91 Å². The molecular weight excluding hydrogens is 272 g/mol. The minimum atomic E-state index is 0.208. The molecule has 2 N–H and O–H groups in total. The van der Waals surface area contributed by atoms with E-state index in [1.165, 1.54) is 18.4 Å². The third-order valence-electron chi connectivity index (χ3n) is 5.04. The number of nitrogen functional groups attached to an aromatic ring is 1. The Morgan fingerprint density at radius 1 is 1.09 bits per heavy atom. The van der Waals surface area contributed by atoms with Crippen LogP contribution in [0.3, 0.4) is 0 Å². The summed E-state index contributed by atoms with van der Waals surface area (Å²) in [6.45, 7) is 0.857. The first-order chi connectivity index (χ1) is 10.7. The summed E-state index contributed by atoms with van der Waals surface area (Å²) in [6, 6.07) is 16.2. The predicted molar refractivity (Wildman–Crippen MR) is 88.9 cm³/mol. The quantitative estimate of drug-likeness (QED) is 0.882. The predicted octanol–water partition coefficient (Wildman–Crippen LogP) is 3.28. The molecule has 0 bridgehead atoms. The van der Waals surface area contributed by atoms with E-state index >= 15 is 0 Å². The molecule has 1 spiro atoms. The van der Waals surface area contributed by atoms with Crippen LogP contribution in [0.5, 0.6) is 0 Å². The van der Waals surface area contributed by atoms with Crippen LogP contribution in [0, 0.1) is 0 Å². The average Bonchev–Trinajstić information content (AvgIpc) is 3.24. The number of carbonyl (C=O) groups is 1. The van der Waals surface area contributed by atoms with E-state index in [4.69, 9.17) is 5.73 Å². The molecule has 0 aromatic heterocycles. The van der Waals surface area contributed by atoms with E-state index in [2.05, 4.69) is 18.2 Å². The highest BCUT2D eigenvalue weighted by molar-refractivity contribution is 5.96. The van der Waals surface area contributed by atoms with Crippen molar-refractivity contribution in [2.45, 2.75) is 31.1 Å². The highest BCUT2D eigenvalue weighted by atomic mass is 16.2. The minimum absolute atomic E-state index is 0.208. The van der Waals surface area contributed by atoms with Crippen LogP contribution in [-0.4, -0.2) is 12.5 Å². The highest BCUT2D eigenvalue weighted by Gasteiger charge is 2.52. The molecule has 3 nitrogen and oxygen atoms in total. The van der Waals surface area contributed by atoms with Crippen LogP contribution < -0.4 is 10.6 Å². The number of carbonyl (C=O) groups excluding carboxylic acids is 1. The van der Waals surface area contributed by atoms with Gasteiger partial charge in [-0.25, -0.2) is 0 Å². The van der Waals surface area contributed by atoms with Gasteiger partial charge in [0.05, 0.1) is 0 Å². The molecular formula is C19H20N2O. The maximum absolute atomic E-state index is 12.7. The molecule has 1 saturated carbocycles. The Kier molecular flexibility index (Phi) is 2.96. The van der Waals surface area contributed by atoms with Gasteiger partial charge in [-0.1, -0.05) is 36.4 Å². The van der Waals surface area contributed by atoms with Gasteiger partial charge in [-0.3, -0.25) is 4.79 Å². The summed E-state index contributed by atoms with van der Waals surface area (Å²) in [5.41, 5.74) is 10.5. The molecule has 0 radical (unpaired) electrons. The summed E-state index contributed by atoms with van der Waals surface area (Å²) in [6.07, 6.45) is 3.63. The number of nitrogens with two attached hydrogens (primary N) is 1. The average molecular weight is 292 g/mol. The van der Waals surface area contributed by atoms with Crippen molar-refractivity contribution >= 4 is 17.3 Å². The number of nitrogens with zero attached hydrogens (tertiary/aromatic N) is 1. The van der Waals surface area contributed by atoms with Crippen LogP contribution in [0.1, 0.15) is 30.4 Å². The van der Waals surface area contributed by atoms with Gasteiger partial charge in [0.1, 0.15) is 0 Å². The number of amides is 1. The second-order valence-electron chi connectivity index (χ2n) is 6.48. The zero-order valence-corrected chi connectivity index (χ0v) is 12.6. The van der Waals surface area contributed by atoms with Crippen molar-refractivity contribution in [1.82, 2.24) is 0 Å². The first-order valence-corrected chi connectivity index (χ1v) is 7.93. The summed E-state index contributed by atoms with van der Waals surface area (Å²) < 4.78 is 0. The molecule has 3 heteroatoms. The summed E-state index contributed by atoms with van der Waals surface area (Å²) in [5.74, 6) is 0.208. The van der Waals surface area contributed by atoms with Crippen molar-refractivity contribution in [3.8, 4) is 0 Å². The molecule has 4 rings (SSSR count). The molecule has 1 fully saturated rings. The lowest BCUT2D eigenvalue weighted by Gasteiger charge is -2.18. The SMILES string of the molecule is Nc1ccccc1CCC(=O)N1CC2(CC2)c2ccccc21. The van der Waals surface area contributed by atoms with Gasteiger partial charge in [-0.15, -0.1) is 0 Å². The fourth-order valence-electron chi connectivity index (χ4n) is 3.57. The number of anilines is 2. The van der Waals surface area contributed by atoms with Crippen molar-refractivity contribution in [2.75, 3.05) is 17.2 Å². The van der Waals surface area contributed by atoms with E-state index in [-0.39, 0.29) is 11.3 Å². The molecule has 2 aromatic carbocycles. The lowest BCUT2D eigenvalue weighted by Crippen LogP contribution is -2.31. The molecule has 2 aliphatic rings. The number of hydrogen-bond donors (Lipinski definition) is 1. The third-order valence-corrected chi connectivity index (χ3v) is 5.04. The Bertz CT molecular complexity index is 734. The van der Waals surface area contributed by atoms with E-state index in [9.17, 15) is 4.79 Å². The number of benzene rings is 2. The Morgan fingerprint density at radius 2 is 1.82 bits per heavy atom. The summed E-state index contributed by atoms with van der Waals surface area (Å²) >= 11 is 0. The van der Waals surface area contributed by atoms with E-state index < -0.39 is 0 Å². The van der Waals surface area contributed by atoms with Crippen molar-refractivity contribution in [2.24, 2.45) is 0 Å². The summed E-state index contributed by atoms with van der Waals surface area (Å²) in [5, 5.41) is 0. The van der Waals surface area contributed by atoms with Crippen molar-refractivity contribution in [3.05, 3.63) is 59.7 Å². The Labute approximate surface area is 130 Å². The third kappa shape index (κ3) is 2.08. The van der Waals surface area contributed by atoms with Gasteiger partial charge >= 0.3 is 0 Å². The fourth-order valence-corrected chi connectivity index (χ4v) is 3.57. The summed E-state index contributed by atoms with van der Waals surface area (Å²) in [7, 11) is 0. The fraction of sp³-hybridized carbons (Fsp3) is 0.316. The molecule has 1 aliphatic carbocycles. The van der Waals surface area contributed by atoms with E-state index in [1.54, 1.807) is 0 Å². The number of fused-ring (bicyclic) bond motifs is 2. The summed E-state index contributed by atoms with van der Waals surface area (Å²) in [4.78, 5) is 14.7. The van der Waals surface area contributed by atoms with Crippen LogP contribution in [0.4, 0.5) is 11.4 Å². The minimum Gasteiger partial charge on any atom is -0.399 e. The smallest absolute Gasteiger partial charge is 0.227 e. The lowest BCUT2D eigenvalue weighted by molar-refractivity contribution is -0.118. The standard InChI is InChI=1S/C19H20N2O/c20-16-7-3-1-5-14(16)9-10-18(22)21-13-19(11-12-19)15-6-2-4-8-17(15)21/h1-8H,9-13,20H2. The van der Waals surface area contributed by atoms with E-state index in [0.29, 0.717) is 12.8 Å². The largest absolute Gasteiger partial charge is 0.399 e. The Morgan fingerprint density at radius 3 is 2.59 bits per heavy atom. The number of aryl methyl sites for hydroxylation is 1. The first-order valence-electron chi connectivity index (χ1n) is 7.93.